The molecule has 4 nitrogen and oxygen atoms in total. The molecule has 1 saturated carbocycles. The first-order valence-electron chi connectivity index (χ1n) is 7.13. The third kappa shape index (κ3) is 3.92. The number of hydrogen-bond acceptors (Lipinski definition) is 2. The molecule has 21 heavy (non-hydrogen) atoms. The second-order valence-corrected chi connectivity index (χ2v) is 5.34. The van der Waals surface area contributed by atoms with Gasteiger partial charge in [0.2, 0.25) is 5.91 Å². The Morgan fingerprint density at radius 3 is 2.90 bits per heavy atom. The zero-order chi connectivity index (χ0) is 14.7. The van der Waals surface area contributed by atoms with E-state index in [0.29, 0.717) is 11.7 Å². The predicted octanol–water partition coefficient (Wildman–Crippen LogP) is 2.52. The van der Waals surface area contributed by atoms with E-state index >= 15 is 0 Å². The second kappa shape index (κ2) is 6.10. The van der Waals surface area contributed by atoms with E-state index in [-0.39, 0.29) is 18.3 Å². The quantitative estimate of drug-likeness (QED) is 0.857. The molecule has 3 rings (SSSR count). The molecule has 5 heteroatoms. The van der Waals surface area contributed by atoms with Crippen molar-refractivity contribution >= 4 is 11.6 Å². The molecule has 1 amide bonds. The maximum atomic E-state index is 13.1. The molecule has 0 unspecified atom stereocenters. The van der Waals surface area contributed by atoms with Gasteiger partial charge >= 0.3 is 0 Å². The Balaban J connectivity index is 1.57. The second-order valence-electron chi connectivity index (χ2n) is 5.34. The maximum absolute atomic E-state index is 13.1. The average Bonchev–Trinajstić information content (AvgIpc) is 3.17. The number of anilines is 1. The Morgan fingerprint density at radius 1 is 1.29 bits per heavy atom. The Kier molecular flexibility index (Phi) is 4.01. The van der Waals surface area contributed by atoms with Crippen LogP contribution < -0.4 is 10.6 Å². The molecule has 1 fully saturated rings. The van der Waals surface area contributed by atoms with E-state index < -0.39 is 0 Å². The van der Waals surface area contributed by atoms with Crippen LogP contribution >= 0.6 is 0 Å². The van der Waals surface area contributed by atoms with Crippen LogP contribution in [0.2, 0.25) is 0 Å². The Labute approximate surface area is 123 Å². The summed E-state index contributed by atoms with van der Waals surface area (Å²) in [6.07, 6.45) is 4.36. The van der Waals surface area contributed by atoms with Gasteiger partial charge < -0.3 is 15.2 Å². The van der Waals surface area contributed by atoms with Gasteiger partial charge in [-0.1, -0.05) is 6.07 Å². The SMILES string of the molecule is O=C(Cn1cccc1CNC1CC1)Nc1cccc(F)c1. The van der Waals surface area contributed by atoms with Gasteiger partial charge in [0.15, 0.2) is 0 Å². The third-order valence-electron chi connectivity index (χ3n) is 3.50. The molecule has 110 valence electrons. The maximum Gasteiger partial charge on any atom is 0.244 e. The minimum atomic E-state index is -0.358. The molecule has 0 aliphatic heterocycles. The highest BCUT2D eigenvalue weighted by Crippen LogP contribution is 2.19. The molecule has 2 N–H and O–H groups in total. The van der Waals surface area contributed by atoms with Gasteiger partial charge in [-0.05, 0) is 43.2 Å². The summed E-state index contributed by atoms with van der Waals surface area (Å²) >= 11 is 0. The van der Waals surface area contributed by atoms with Crippen LogP contribution in [0.4, 0.5) is 10.1 Å². The van der Waals surface area contributed by atoms with Gasteiger partial charge in [0.25, 0.3) is 0 Å². The van der Waals surface area contributed by atoms with Crippen molar-refractivity contribution < 1.29 is 9.18 Å². The van der Waals surface area contributed by atoms with E-state index in [9.17, 15) is 9.18 Å². The van der Waals surface area contributed by atoms with E-state index in [4.69, 9.17) is 0 Å². The van der Waals surface area contributed by atoms with Gasteiger partial charge in [-0.3, -0.25) is 4.79 Å². The number of aromatic nitrogens is 1. The molecule has 1 heterocycles. The van der Waals surface area contributed by atoms with Crippen molar-refractivity contribution in [3.63, 3.8) is 0 Å². The molecule has 0 radical (unpaired) electrons. The zero-order valence-electron chi connectivity index (χ0n) is 11.7. The lowest BCUT2D eigenvalue weighted by molar-refractivity contribution is -0.116. The van der Waals surface area contributed by atoms with Gasteiger partial charge in [0.1, 0.15) is 12.4 Å². The molecular formula is C16H18FN3O. The smallest absolute Gasteiger partial charge is 0.244 e. The van der Waals surface area contributed by atoms with Crippen molar-refractivity contribution in [2.45, 2.75) is 32.0 Å². The predicted molar refractivity (Wildman–Crippen MR) is 79.3 cm³/mol. The molecule has 0 saturated heterocycles. The normalized spacial score (nSPS) is 14.1. The number of nitrogens with one attached hydrogen (secondary N) is 2. The summed E-state index contributed by atoms with van der Waals surface area (Å²) in [7, 11) is 0. The Morgan fingerprint density at radius 2 is 2.14 bits per heavy atom. The van der Waals surface area contributed by atoms with Gasteiger partial charge in [-0.15, -0.1) is 0 Å². The molecule has 0 bridgehead atoms. The van der Waals surface area contributed by atoms with Gasteiger partial charge in [0, 0.05) is 30.2 Å². The van der Waals surface area contributed by atoms with Crippen LogP contribution in [0, 0.1) is 5.82 Å². The molecule has 1 aromatic carbocycles. The first kappa shape index (κ1) is 13.8. The first-order chi connectivity index (χ1) is 10.2. The lowest BCUT2D eigenvalue weighted by Gasteiger charge is -2.10. The number of rotatable bonds is 6. The standard InChI is InChI=1S/C16H18FN3O/c17-12-3-1-4-14(9-12)19-16(21)11-20-8-2-5-15(20)10-18-13-6-7-13/h1-5,8-9,13,18H,6-7,10-11H2,(H,19,21). The van der Waals surface area contributed by atoms with Crippen LogP contribution in [0.1, 0.15) is 18.5 Å². The number of carbonyl (C=O) groups excluding carboxylic acids is 1. The first-order valence-corrected chi connectivity index (χ1v) is 7.13. The fourth-order valence-corrected chi connectivity index (χ4v) is 2.22. The molecule has 1 aliphatic carbocycles. The van der Waals surface area contributed by atoms with Gasteiger partial charge in [-0.25, -0.2) is 4.39 Å². The average molecular weight is 287 g/mol. The van der Waals surface area contributed by atoms with Crippen molar-refractivity contribution in [3.8, 4) is 0 Å². The number of carbonyl (C=O) groups is 1. The lowest BCUT2D eigenvalue weighted by atomic mass is 10.3. The summed E-state index contributed by atoms with van der Waals surface area (Å²) in [5.41, 5.74) is 1.56. The van der Waals surface area contributed by atoms with Crippen LogP contribution in [0.15, 0.2) is 42.6 Å². The number of benzene rings is 1. The molecule has 1 aliphatic rings. The number of nitrogens with zero attached hydrogens (tertiary/aromatic N) is 1. The van der Waals surface area contributed by atoms with Crippen LogP contribution in [0.25, 0.3) is 0 Å². The monoisotopic (exact) mass is 287 g/mol. The highest BCUT2D eigenvalue weighted by atomic mass is 19.1. The fourth-order valence-electron chi connectivity index (χ4n) is 2.22. The van der Waals surface area contributed by atoms with E-state index in [1.807, 2.05) is 22.9 Å². The lowest BCUT2D eigenvalue weighted by Crippen LogP contribution is -2.22. The van der Waals surface area contributed by atoms with Crippen molar-refractivity contribution in [3.05, 3.63) is 54.1 Å². The van der Waals surface area contributed by atoms with E-state index in [2.05, 4.69) is 10.6 Å². The van der Waals surface area contributed by atoms with Gasteiger partial charge in [-0.2, -0.15) is 0 Å². The molecule has 0 atom stereocenters. The third-order valence-corrected chi connectivity index (χ3v) is 3.50. The van der Waals surface area contributed by atoms with Gasteiger partial charge in [0.05, 0.1) is 0 Å². The molecular weight excluding hydrogens is 269 g/mol. The van der Waals surface area contributed by atoms with Crippen molar-refractivity contribution in [1.82, 2.24) is 9.88 Å². The minimum absolute atomic E-state index is 0.163. The zero-order valence-corrected chi connectivity index (χ0v) is 11.7. The van der Waals surface area contributed by atoms with Crippen molar-refractivity contribution in [2.24, 2.45) is 0 Å². The van der Waals surface area contributed by atoms with E-state index in [0.717, 1.165) is 12.2 Å². The number of amides is 1. The summed E-state index contributed by atoms with van der Waals surface area (Å²) in [4.78, 5) is 12.0. The number of hydrogen-bond donors (Lipinski definition) is 2. The van der Waals surface area contributed by atoms with Crippen molar-refractivity contribution in [1.29, 1.82) is 0 Å². The number of halogens is 1. The van der Waals surface area contributed by atoms with E-state index in [1.165, 1.54) is 25.0 Å². The van der Waals surface area contributed by atoms with Crippen LogP contribution in [-0.4, -0.2) is 16.5 Å². The molecule has 2 aromatic rings. The Bertz CT molecular complexity index is 634. The molecule has 0 spiro atoms. The van der Waals surface area contributed by atoms with Crippen LogP contribution in [-0.2, 0) is 17.9 Å². The van der Waals surface area contributed by atoms with Crippen LogP contribution in [0.5, 0.6) is 0 Å². The van der Waals surface area contributed by atoms with Crippen LogP contribution in [0.3, 0.4) is 0 Å². The minimum Gasteiger partial charge on any atom is -0.341 e. The highest BCUT2D eigenvalue weighted by molar-refractivity contribution is 5.90. The van der Waals surface area contributed by atoms with E-state index in [1.54, 1.807) is 12.1 Å². The highest BCUT2D eigenvalue weighted by Gasteiger charge is 2.20. The summed E-state index contributed by atoms with van der Waals surface area (Å²) < 4.78 is 15.0. The topological polar surface area (TPSA) is 46.1 Å². The summed E-state index contributed by atoms with van der Waals surface area (Å²) in [5, 5.41) is 6.13. The summed E-state index contributed by atoms with van der Waals surface area (Å²) in [6.45, 7) is 0.996. The summed E-state index contributed by atoms with van der Waals surface area (Å²) in [5.74, 6) is -0.521. The largest absolute Gasteiger partial charge is 0.341 e. The van der Waals surface area contributed by atoms with Crippen molar-refractivity contribution in [2.75, 3.05) is 5.32 Å². The Hall–Kier alpha value is -2.14. The summed E-state index contributed by atoms with van der Waals surface area (Å²) in [6, 6.07) is 10.5. The fraction of sp³-hybridized carbons (Fsp3) is 0.312. The molecule has 1 aromatic heterocycles.